The van der Waals surface area contributed by atoms with Crippen molar-refractivity contribution >= 4 is 5.91 Å². The molecule has 1 aromatic rings. The molecule has 0 heterocycles. The van der Waals surface area contributed by atoms with Crippen LogP contribution < -0.4 is 11.1 Å². The lowest BCUT2D eigenvalue weighted by Gasteiger charge is -2.15. The Bertz CT molecular complexity index is 401. The number of nitrogens with two attached hydrogens (primary N) is 1. The minimum Gasteiger partial charge on any atom is -0.355 e. The molecular formula is C13H18F2N2O. The summed E-state index contributed by atoms with van der Waals surface area (Å²) in [6.45, 7) is 3.64. The number of nitrogens with one attached hydrogen (secondary N) is 1. The van der Waals surface area contributed by atoms with Crippen molar-refractivity contribution in [2.45, 2.75) is 26.3 Å². The first-order valence-corrected chi connectivity index (χ1v) is 5.89. The van der Waals surface area contributed by atoms with Crippen molar-refractivity contribution in [2.24, 2.45) is 11.7 Å². The highest BCUT2D eigenvalue weighted by atomic mass is 19.1. The molecule has 0 saturated heterocycles. The molecule has 3 N–H and O–H groups in total. The van der Waals surface area contributed by atoms with E-state index in [0.717, 1.165) is 0 Å². The Balaban J connectivity index is 2.50. The van der Waals surface area contributed by atoms with E-state index in [1.54, 1.807) is 13.8 Å². The molecule has 0 aliphatic rings. The molecule has 0 saturated carbocycles. The van der Waals surface area contributed by atoms with Crippen LogP contribution in [0.2, 0.25) is 0 Å². The van der Waals surface area contributed by atoms with E-state index in [4.69, 9.17) is 5.73 Å². The van der Waals surface area contributed by atoms with Gasteiger partial charge in [0, 0.05) is 24.1 Å². The van der Waals surface area contributed by atoms with E-state index in [9.17, 15) is 13.6 Å². The van der Waals surface area contributed by atoms with Gasteiger partial charge in [-0.3, -0.25) is 4.79 Å². The molecule has 1 amide bonds. The van der Waals surface area contributed by atoms with Gasteiger partial charge in [0.1, 0.15) is 11.6 Å². The van der Waals surface area contributed by atoms with Gasteiger partial charge in [-0.15, -0.1) is 0 Å². The van der Waals surface area contributed by atoms with E-state index in [1.165, 1.54) is 18.2 Å². The van der Waals surface area contributed by atoms with E-state index in [2.05, 4.69) is 5.32 Å². The molecule has 0 bridgehead atoms. The minimum absolute atomic E-state index is 0.00810. The molecule has 0 aliphatic heterocycles. The second-order valence-electron chi connectivity index (χ2n) is 4.39. The van der Waals surface area contributed by atoms with Crippen LogP contribution in [0.25, 0.3) is 0 Å². The summed E-state index contributed by atoms with van der Waals surface area (Å²) in [5.41, 5.74) is 5.58. The van der Waals surface area contributed by atoms with Gasteiger partial charge < -0.3 is 11.1 Å². The molecule has 0 radical (unpaired) electrons. The fourth-order valence-corrected chi connectivity index (χ4v) is 1.48. The van der Waals surface area contributed by atoms with Crippen molar-refractivity contribution in [3.8, 4) is 0 Å². The van der Waals surface area contributed by atoms with E-state index in [1.807, 2.05) is 0 Å². The first-order valence-electron chi connectivity index (χ1n) is 5.89. The summed E-state index contributed by atoms with van der Waals surface area (Å²) < 4.78 is 26.6. The topological polar surface area (TPSA) is 55.1 Å². The van der Waals surface area contributed by atoms with Crippen LogP contribution in [0.5, 0.6) is 0 Å². The van der Waals surface area contributed by atoms with Gasteiger partial charge in [-0.05, 0) is 25.5 Å². The summed E-state index contributed by atoms with van der Waals surface area (Å²) in [6, 6.07) is 3.45. The molecule has 2 atom stereocenters. The Kier molecular flexibility index (Phi) is 5.22. The van der Waals surface area contributed by atoms with Gasteiger partial charge >= 0.3 is 0 Å². The Morgan fingerprint density at radius 2 is 1.89 bits per heavy atom. The fraction of sp³-hybridized carbons (Fsp3) is 0.462. The van der Waals surface area contributed by atoms with Gasteiger partial charge in [-0.25, -0.2) is 8.78 Å². The molecule has 2 unspecified atom stereocenters. The monoisotopic (exact) mass is 256 g/mol. The first kappa shape index (κ1) is 14.6. The number of amides is 1. The quantitative estimate of drug-likeness (QED) is 0.841. The van der Waals surface area contributed by atoms with E-state index < -0.39 is 11.6 Å². The zero-order valence-electron chi connectivity index (χ0n) is 10.5. The number of carbonyl (C=O) groups is 1. The van der Waals surface area contributed by atoms with Crippen LogP contribution in [0, 0.1) is 17.6 Å². The SMILES string of the molecule is CC(N)C(C)C(=O)NCCc1c(F)cccc1F. The van der Waals surface area contributed by atoms with Crippen molar-refractivity contribution in [1.29, 1.82) is 0 Å². The Labute approximate surface area is 105 Å². The van der Waals surface area contributed by atoms with E-state index in [0.29, 0.717) is 0 Å². The zero-order chi connectivity index (χ0) is 13.7. The molecular weight excluding hydrogens is 238 g/mol. The van der Waals surface area contributed by atoms with Gasteiger partial charge in [-0.1, -0.05) is 13.0 Å². The molecule has 0 aliphatic carbocycles. The highest BCUT2D eigenvalue weighted by Crippen LogP contribution is 2.12. The summed E-state index contributed by atoms with van der Waals surface area (Å²) in [7, 11) is 0. The van der Waals surface area contributed by atoms with Crippen LogP contribution in [0.3, 0.4) is 0 Å². The zero-order valence-corrected chi connectivity index (χ0v) is 10.5. The predicted molar refractivity (Wildman–Crippen MR) is 65.9 cm³/mol. The van der Waals surface area contributed by atoms with Crippen LogP contribution in [-0.4, -0.2) is 18.5 Å². The van der Waals surface area contributed by atoms with Crippen molar-refractivity contribution in [1.82, 2.24) is 5.32 Å². The van der Waals surface area contributed by atoms with Crippen LogP contribution >= 0.6 is 0 Å². The highest BCUT2D eigenvalue weighted by molar-refractivity contribution is 5.78. The second kappa shape index (κ2) is 6.44. The summed E-state index contributed by atoms with van der Waals surface area (Å²) in [4.78, 5) is 11.6. The largest absolute Gasteiger partial charge is 0.355 e. The molecule has 1 rings (SSSR count). The molecule has 0 aromatic heterocycles. The first-order chi connectivity index (χ1) is 8.43. The van der Waals surface area contributed by atoms with E-state index in [-0.39, 0.29) is 36.4 Å². The minimum atomic E-state index is -0.593. The van der Waals surface area contributed by atoms with Crippen LogP contribution in [0.1, 0.15) is 19.4 Å². The molecule has 0 spiro atoms. The van der Waals surface area contributed by atoms with Gasteiger partial charge in [0.25, 0.3) is 0 Å². The van der Waals surface area contributed by atoms with Crippen LogP contribution in [0.15, 0.2) is 18.2 Å². The lowest BCUT2D eigenvalue weighted by atomic mass is 10.0. The smallest absolute Gasteiger partial charge is 0.224 e. The lowest BCUT2D eigenvalue weighted by Crippen LogP contribution is -2.39. The molecule has 5 heteroatoms. The molecule has 3 nitrogen and oxygen atoms in total. The molecule has 18 heavy (non-hydrogen) atoms. The molecule has 0 fully saturated rings. The highest BCUT2D eigenvalue weighted by Gasteiger charge is 2.16. The number of rotatable bonds is 5. The van der Waals surface area contributed by atoms with Crippen molar-refractivity contribution in [3.63, 3.8) is 0 Å². The third-order valence-electron chi connectivity index (χ3n) is 2.94. The van der Waals surface area contributed by atoms with Crippen LogP contribution in [-0.2, 0) is 11.2 Å². The third kappa shape index (κ3) is 3.77. The van der Waals surface area contributed by atoms with Gasteiger partial charge in [0.15, 0.2) is 0 Å². The maximum absolute atomic E-state index is 13.3. The number of carbonyl (C=O) groups excluding carboxylic acids is 1. The average Bonchev–Trinajstić information content (AvgIpc) is 2.31. The summed E-state index contributed by atoms with van der Waals surface area (Å²) >= 11 is 0. The Morgan fingerprint density at radius 3 is 2.39 bits per heavy atom. The maximum Gasteiger partial charge on any atom is 0.224 e. The standard InChI is InChI=1S/C13H18F2N2O/c1-8(9(2)16)13(18)17-7-6-10-11(14)4-3-5-12(10)15/h3-5,8-9H,6-7,16H2,1-2H3,(H,17,18). The summed E-state index contributed by atoms with van der Waals surface area (Å²) in [6.07, 6.45) is 0.121. The molecule has 100 valence electrons. The maximum atomic E-state index is 13.3. The fourth-order valence-electron chi connectivity index (χ4n) is 1.48. The van der Waals surface area contributed by atoms with Crippen molar-refractivity contribution in [2.75, 3.05) is 6.54 Å². The van der Waals surface area contributed by atoms with Crippen molar-refractivity contribution in [3.05, 3.63) is 35.4 Å². The summed E-state index contributed by atoms with van der Waals surface area (Å²) in [5.74, 6) is -1.72. The van der Waals surface area contributed by atoms with Crippen molar-refractivity contribution < 1.29 is 13.6 Å². The number of halogens is 2. The van der Waals surface area contributed by atoms with Gasteiger partial charge in [-0.2, -0.15) is 0 Å². The van der Waals surface area contributed by atoms with Gasteiger partial charge in [0.2, 0.25) is 5.91 Å². The Morgan fingerprint density at radius 1 is 1.33 bits per heavy atom. The number of benzene rings is 1. The van der Waals surface area contributed by atoms with Gasteiger partial charge in [0.05, 0.1) is 0 Å². The second-order valence-corrected chi connectivity index (χ2v) is 4.39. The number of hydrogen-bond donors (Lipinski definition) is 2. The Hall–Kier alpha value is -1.49. The molecule has 1 aromatic carbocycles. The normalized spacial score (nSPS) is 14.1. The third-order valence-corrected chi connectivity index (χ3v) is 2.94. The van der Waals surface area contributed by atoms with E-state index >= 15 is 0 Å². The predicted octanol–water partition coefficient (Wildman–Crippen LogP) is 1.61. The number of hydrogen-bond acceptors (Lipinski definition) is 2. The summed E-state index contributed by atoms with van der Waals surface area (Å²) in [5, 5.41) is 2.61. The van der Waals surface area contributed by atoms with Crippen LogP contribution in [0.4, 0.5) is 8.78 Å². The average molecular weight is 256 g/mol. The lowest BCUT2D eigenvalue weighted by molar-refractivity contribution is -0.124.